The number of hydrogen-bond acceptors (Lipinski definition) is 5. The number of ether oxygens (including phenoxy) is 1. The largest absolute Gasteiger partial charge is 0.503 e. The highest BCUT2D eigenvalue weighted by atomic mass is 19.1. The van der Waals surface area contributed by atoms with Gasteiger partial charge in [0.1, 0.15) is 17.2 Å². The van der Waals surface area contributed by atoms with Crippen molar-refractivity contribution in [3.05, 3.63) is 74.7 Å². The first-order chi connectivity index (χ1) is 15.7. The van der Waals surface area contributed by atoms with E-state index in [0.717, 1.165) is 6.07 Å². The first-order valence-electron chi connectivity index (χ1n) is 10.2. The van der Waals surface area contributed by atoms with Crippen molar-refractivity contribution in [2.45, 2.75) is 32.5 Å². The number of halogens is 2. The van der Waals surface area contributed by atoms with Crippen LogP contribution in [-0.2, 0) is 17.8 Å². The van der Waals surface area contributed by atoms with Crippen molar-refractivity contribution in [3.8, 4) is 5.75 Å². The molecule has 0 saturated heterocycles. The number of hydrogen-bond donors (Lipinski definition) is 2. The van der Waals surface area contributed by atoms with Crippen LogP contribution in [0.3, 0.4) is 0 Å². The van der Waals surface area contributed by atoms with Crippen LogP contribution in [0.2, 0.25) is 0 Å². The average molecular weight is 461 g/mol. The van der Waals surface area contributed by atoms with Crippen LogP contribution in [0.5, 0.6) is 5.75 Å². The number of carbonyl (C=O) groups excluding carboxylic acids is 2. The number of carbonyl (C=O) groups is 2. The summed E-state index contributed by atoms with van der Waals surface area (Å²) >= 11 is 0. The SMILES string of the molecule is COC.Cc1c(F)ccc(CNC(=O)c2cn3c(c(O)c2=O)C(=O)N2CC=CCC2C3)c1F. The summed E-state index contributed by atoms with van der Waals surface area (Å²) < 4.78 is 33.2. The first kappa shape index (κ1) is 24.1. The number of aromatic hydroxyl groups is 1. The lowest BCUT2D eigenvalue weighted by molar-refractivity contribution is 0.0602. The number of rotatable bonds is 3. The van der Waals surface area contributed by atoms with Gasteiger partial charge < -0.3 is 24.6 Å². The number of aromatic nitrogens is 1. The second-order valence-electron chi connectivity index (χ2n) is 7.78. The van der Waals surface area contributed by atoms with E-state index in [-0.39, 0.29) is 35.0 Å². The van der Waals surface area contributed by atoms with Crippen molar-refractivity contribution in [2.24, 2.45) is 0 Å². The quantitative estimate of drug-likeness (QED) is 0.682. The fourth-order valence-corrected chi connectivity index (χ4v) is 3.81. The van der Waals surface area contributed by atoms with Gasteiger partial charge >= 0.3 is 0 Å². The predicted octanol–water partition coefficient (Wildman–Crippen LogP) is 2.12. The van der Waals surface area contributed by atoms with Crippen LogP contribution in [-0.4, -0.2) is 53.2 Å². The number of nitrogens with zero attached hydrogens (tertiary/aromatic N) is 2. The molecule has 1 atom stereocenters. The van der Waals surface area contributed by atoms with E-state index in [1.165, 1.54) is 23.8 Å². The van der Waals surface area contributed by atoms with Gasteiger partial charge in [0, 0.05) is 51.2 Å². The van der Waals surface area contributed by atoms with Gasteiger partial charge in [-0.15, -0.1) is 0 Å². The number of methoxy groups -OCH3 is 1. The minimum Gasteiger partial charge on any atom is -0.503 e. The van der Waals surface area contributed by atoms with Crippen molar-refractivity contribution >= 4 is 11.8 Å². The molecule has 10 heteroatoms. The molecule has 1 aromatic heterocycles. The van der Waals surface area contributed by atoms with Gasteiger partial charge in [-0.2, -0.15) is 0 Å². The maximum atomic E-state index is 14.1. The molecule has 0 spiro atoms. The van der Waals surface area contributed by atoms with Gasteiger partial charge in [-0.25, -0.2) is 8.78 Å². The van der Waals surface area contributed by atoms with Gasteiger partial charge in [-0.3, -0.25) is 14.4 Å². The molecule has 0 bridgehead atoms. The Bertz CT molecular complexity index is 1180. The topological polar surface area (TPSA) is 101 Å². The molecule has 33 heavy (non-hydrogen) atoms. The molecular weight excluding hydrogens is 436 g/mol. The molecule has 0 radical (unpaired) electrons. The van der Waals surface area contributed by atoms with E-state index in [4.69, 9.17) is 0 Å². The molecule has 4 rings (SSSR count). The Labute approximate surface area is 189 Å². The fraction of sp³-hybridized carbons (Fsp3) is 0.348. The molecule has 2 aromatic rings. The molecule has 2 amide bonds. The number of pyridine rings is 1. The third kappa shape index (κ3) is 4.65. The van der Waals surface area contributed by atoms with Crippen LogP contribution in [0.4, 0.5) is 8.78 Å². The van der Waals surface area contributed by atoms with Crippen molar-refractivity contribution < 1.29 is 28.2 Å². The molecule has 1 aromatic carbocycles. The van der Waals surface area contributed by atoms with Crippen LogP contribution in [0, 0.1) is 18.6 Å². The van der Waals surface area contributed by atoms with Crippen LogP contribution >= 0.6 is 0 Å². The molecule has 2 N–H and O–H groups in total. The maximum absolute atomic E-state index is 14.1. The Morgan fingerprint density at radius 1 is 1.24 bits per heavy atom. The summed E-state index contributed by atoms with van der Waals surface area (Å²) in [6.45, 7) is 1.73. The Balaban J connectivity index is 0.000000968. The summed E-state index contributed by atoms with van der Waals surface area (Å²) in [5.41, 5.74) is -1.59. The van der Waals surface area contributed by atoms with E-state index in [0.29, 0.717) is 19.5 Å². The Kier molecular flexibility index (Phi) is 7.27. The monoisotopic (exact) mass is 461 g/mol. The summed E-state index contributed by atoms with van der Waals surface area (Å²) in [6.07, 6.45) is 5.67. The number of fused-ring (bicyclic) bond motifs is 2. The summed E-state index contributed by atoms with van der Waals surface area (Å²) in [6, 6.07) is 2.16. The lowest BCUT2D eigenvalue weighted by Crippen LogP contribution is -2.50. The molecule has 0 aliphatic carbocycles. The second kappa shape index (κ2) is 9.95. The predicted molar refractivity (Wildman–Crippen MR) is 116 cm³/mol. The molecule has 1 unspecified atom stereocenters. The second-order valence-corrected chi connectivity index (χ2v) is 7.78. The lowest BCUT2D eigenvalue weighted by Gasteiger charge is -2.38. The smallest absolute Gasteiger partial charge is 0.275 e. The molecule has 2 aliphatic heterocycles. The number of nitrogens with one attached hydrogen (secondary N) is 1. The Morgan fingerprint density at radius 2 is 1.94 bits per heavy atom. The van der Waals surface area contributed by atoms with E-state index in [1.807, 2.05) is 12.2 Å². The van der Waals surface area contributed by atoms with Gasteiger partial charge in [0.05, 0.1) is 6.04 Å². The fourth-order valence-electron chi connectivity index (χ4n) is 3.81. The van der Waals surface area contributed by atoms with Crippen molar-refractivity contribution in [3.63, 3.8) is 0 Å². The Morgan fingerprint density at radius 3 is 2.64 bits per heavy atom. The minimum atomic E-state index is -0.978. The maximum Gasteiger partial charge on any atom is 0.275 e. The third-order valence-electron chi connectivity index (χ3n) is 5.53. The molecule has 3 heterocycles. The zero-order chi connectivity index (χ0) is 24.3. The highest BCUT2D eigenvalue weighted by Crippen LogP contribution is 2.26. The highest BCUT2D eigenvalue weighted by Gasteiger charge is 2.36. The molecular formula is C23H25F2N3O5. The standard InChI is InChI=1S/C21H19F2N3O4.C2H6O/c1-11-15(22)6-5-12(16(11)23)8-24-20(29)14-10-25-9-13-4-2-3-7-26(13)21(30)17(25)19(28)18(14)27;1-3-2/h2-3,5-6,10,13,28H,4,7-9H2,1H3,(H,24,29);1-2H3. The number of amides is 2. The van der Waals surface area contributed by atoms with Gasteiger partial charge in [-0.1, -0.05) is 18.2 Å². The van der Waals surface area contributed by atoms with E-state index in [9.17, 15) is 28.3 Å². The zero-order valence-corrected chi connectivity index (χ0v) is 18.5. The first-order valence-corrected chi connectivity index (χ1v) is 10.2. The third-order valence-corrected chi connectivity index (χ3v) is 5.53. The molecule has 2 aliphatic rings. The molecule has 0 fully saturated rings. The van der Waals surface area contributed by atoms with E-state index >= 15 is 0 Å². The van der Waals surface area contributed by atoms with Crippen LogP contribution < -0.4 is 10.7 Å². The highest BCUT2D eigenvalue weighted by molar-refractivity contribution is 5.99. The molecule has 0 saturated carbocycles. The van der Waals surface area contributed by atoms with E-state index < -0.39 is 34.6 Å². The van der Waals surface area contributed by atoms with Gasteiger partial charge in [-0.05, 0) is 19.4 Å². The lowest BCUT2D eigenvalue weighted by atomic mass is 10.0. The van der Waals surface area contributed by atoms with Crippen molar-refractivity contribution in [1.82, 2.24) is 14.8 Å². The van der Waals surface area contributed by atoms with E-state index in [1.54, 1.807) is 19.1 Å². The van der Waals surface area contributed by atoms with Crippen LogP contribution in [0.15, 0.2) is 35.3 Å². The normalized spacial score (nSPS) is 16.5. The molecule has 8 nitrogen and oxygen atoms in total. The van der Waals surface area contributed by atoms with Gasteiger partial charge in [0.15, 0.2) is 11.4 Å². The van der Waals surface area contributed by atoms with E-state index in [2.05, 4.69) is 10.1 Å². The number of benzene rings is 1. The summed E-state index contributed by atoms with van der Waals surface area (Å²) in [7, 11) is 3.25. The summed E-state index contributed by atoms with van der Waals surface area (Å²) in [4.78, 5) is 39.4. The Hall–Kier alpha value is -3.53. The zero-order valence-electron chi connectivity index (χ0n) is 18.5. The minimum absolute atomic E-state index is 0.0596. The van der Waals surface area contributed by atoms with Crippen LogP contribution in [0.1, 0.15) is 38.4 Å². The van der Waals surface area contributed by atoms with Gasteiger partial charge in [0.2, 0.25) is 5.43 Å². The van der Waals surface area contributed by atoms with Gasteiger partial charge in [0.25, 0.3) is 11.8 Å². The summed E-state index contributed by atoms with van der Waals surface area (Å²) in [5.74, 6) is -3.57. The summed E-state index contributed by atoms with van der Waals surface area (Å²) in [5, 5.41) is 12.8. The molecule has 176 valence electrons. The van der Waals surface area contributed by atoms with Crippen LogP contribution in [0.25, 0.3) is 0 Å². The van der Waals surface area contributed by atoms with Crippen molar-refractivity contribution in [1.29, 1.82) is 0 Å². The average Bonchev–Trinajstić information content (AvgIpc) is 2.79. The van der Waals surface area contributed by atoms with Crippen molar-refractivity contribution in [2.75, 3.05) is 20.8 Å².